The van der Waals surface area contributed by atoms with E-state index in [-0.39, 0.29) is 5.91 Å². The molecule has 1 aromatic heterocycles. The summed E-state index contributed by atoms with van der Waals surface area (Å²) in [4.78, 5) is 19.7. The first-order valence-electron chi connectivity index (χ1n) is 6.08. The highest BCUT2D eigenvalue weighted by molar-refractivity contribution is 5.78. The molecule has 1 amide bonds. The zero-order valence-corrected chi connectivity index (χ0v) is 10.5. The van der Waals surface area contributed by atoms with Crippen molar-refractivity contribution in [2.75, 3.05) is 0 Å². The van der Waals surface area contributed by atoms with E-state index in [1.807, 2.05) is 24.3 Å². The van der Waals surface area contributed by atoms with Gasteiger partial charge in [0.2, 0.25) is 5.91 Å². The Morgan fingerprint density at radius 2 is 2.00 bits per heavy atom. The van der Waals surface area contributed by atoms with E-state index in [0.717, 1.165) is 16.8 Å². The summed E-state index contributed by atoms with van der Waals surface area (Å²) in [7, 11) is 0. The summed E-state index contributed by atoms with van der Waals surface area (Å²) < 4.78 is 0. The van der Waals surface area contributed by atoms with Crippen molar-refractivity contribution in [1.82, 2.24) is 15.3 Å². The maximum absolute atomic E-state index is 11.9. The number of nitrogens with one attached hydrogen (secondary N) is 1. The van der Waals surface area contributed by atoms with Gasteiger partial charge in [-0.2, -0.15) is 0 Å². The molecule has 19 heavy (non-hydrogen) atoms. The van der Waals surface area contributed by atoms with E-state index < -0.39 is 0 Å². The van der Waals surface area contributed by atoms with Gasteiger partial charge < -0.3 is 11.1 Å². The summed E-state index contributed by atoms with van der Waals surface area (Å²) in [5, 5.41) is 2.83. The quantitative estimate of drug-likeness (QED) is 0.829. The molecule has 0 aliphatic rings. The maximum atomic E-state index is 11.9. The van der Waals surface area contributed by atoms with Gasteiger partial charge in [-0.05, 0) is 17.2 Å². The Kier molecular flexibility index (Phi) is 4.58. The van der Waals surface area contributed by atoms with E-state index >= 15 is 0 Å². The van der Waals surface area contributed by atoms with E-state index in [4.69, 9.17) is 5.73 Å². The van der Waals surface area contributed by atoms with Gasteiger partial charge in [0.05, 0.1) is 18.7 Å². The summed E-state index contributed by atoms with van der Waals surface area (Å²) >= 11 is 0. The molecule has 5 heteroatoms. The van der Waals surface area contributed by atoms with Gasteiger partial charge in [-0.1, -0.05) is 24.3 Å². The molecule has 3 N–H and O–H groups in total. The molecule has 1 aromatic carbocycles. The SMILES string of the molecule is NCc1ccccc1CC(=O)NCc1ccncn1. The predicted octanol–water partition coefficient (Wildman–Crippen LogP) is 0.794. The lowest BCUT2D eigenvalue weighted by molar-refractivity contribution is -0.120. The standard InChI is InChI=1S/C14H16N4O/c15-8-12-4-2-1-3-11(12)7-14(19)17-9-13-5-6-16-10-18-13/h1-6,10H,7-9,15H2,(H,17,19). The summed E-state index contributed by atoms with van der Waals surface area (Å²) in [6.07, 6.45) is 3.45. The summed E-state index contributed by atoms with van der Waals surface area (Å²) in [5.74, 6) is -0.0421. The maximum Gasteiger partial charge on any atom is 0.224 e. The van der Waals surface area contributed by atoms with Crippen molar-refractivity contribution in [2.45, 2.75) is 19.5 Å². The second kappa shape index (κ2) is 6.61. The van der Waals surface area contributed by atoms with E-state index in [9.17, 15) is 4.79 Å². The van der Waals surface area contributed by atoms with Crippen LogP contribution >= 0.6 is 0 Å². The Morgan fingerprint density at radius 1 is 1.21 bits per heavy atom. The van der Waals surface area contributed by atoms with Crippen LogP contribution in [0.2, 0.25) is 0 Å². The molecule has 0 bridgehead atoms. The third-order valence-corrected chi connectivity index (χ3v) is 2.80. The third kappa shape index (κ3) is 3.86. The van der Waals surface area contributed by atoms with Gasteiger partial charge in [0.25, 0.3) is 0 Å². The van der Waals surface area contributed by atoms with Crippen molar-refractivity contribution < 1.29 is 4.79 Å². The zero-order chi connectivity index (χ0) is 13.5. The first kappa shape index (κ1) is 13.2. The normalized spacial score (nSPS) is 10.2. The van der Waals surface area contributed by atoms with E-state index in [1.54, 1.807) is 12.3 Å². The number of nitrogens with two attached hydrogens (primary N) is 1. The number of hydrogen-bond donors (Lipinski definition) is 2. The Hall–Kier alpha value is -2.27. The van der Waals surface area contributed by atoms with Crippen LogP contribution in [0.1, 0.15) is 16.8 Å². The van der Waals surface area contributed by atoms with Gasteiger partial charge in [-0.25, -0.2) is 9.97 Å². The third-order valence-electron chi connectivity index (χ3n) is 2.80. The largest absolute Gasteiger partial charge is 0.350 e. The fourth-order valence-electron chi connectivity index (χ4n) is 1.78. The molecule has 0 aliphatic heterocycles. The summed E-state index contributed by atoms with van der Waals surface area (Å²) in [6.45, 7) is 0.849. The van der Waals surface area contributed by atoms with Crippen LogP contribution in [0.15, 0.2) is 42.9 Å². The van der Waals surface area contributed by atoms with E-state index in [1.165, 1.54) is 6.33 Å². The van der Waals surface area contributed by atoms with Crippen molar-refractivity contribution in [3.63, 3.8) is 0 Å². The number of amides is 1. The van der Waals surface area contributed by atoms with Crippen molar-refractivity contribution in [1.29, 1.82) is 0 Å². The number of hydrogen-bond acceptors (Lipinski definition) is 4. The molecule has 2 aromatic rings. The Bertz CT molecular complexity index is 542. The minimum Gasteiger partial charge on any atom is -0.350 e. The molecular formula is C14H16N4O. The van der Waals surface area contributed by atoms with Crippen LogP contribution in [-0.4, -0.2) is 15.9 Å². The molecule has 0 unspecified atom stereocenters. The van der Waals surface area contributed by atoms with Crippen LogP contribution in [0.25, 0.3) is 0 Å². The van der Waals surface area contributed by atoms with Gasteiger partial charge in [0.1, 0.15) is 6.33 Å². The number of aromatic nitrogens is 2. The van der Waals surface area contributed by atoms with Crippen molar-refractivity contribution in [2.24, 2.45) is 5.73 Å². The topological polar surface area (TPSA) is 80.9 Å². The Labute approximate surface area is 111 Å². The van der Waals surface area contributed by atoms with Crippen LogP contribution < -0.4 is 11.1 Å². The van der Waals surface area contributed by atoms with E-state index in [2.05, 4.69) is 15.3 Å². The molecule has 1 heterocycles. The average Bonchev–Trinajstić information content (AvgIpc) is 2.47. The van der Waals surface area contributed by atoms with Gasteiger partial charge in [0.15, 0.2) is 0 Å². The highest BCUT2D eigenvalue weighted by atomic mass is 16.1. The smallest absolute Gasteiger partial charge is 0.224 e. The molecule has 0 atom stereocenters. The Morgan fingerprint density at radius 3 is 2.68 bits per heavy atom. The van der Waals surface area contributed by atoms with Crippen LogP contribution in [0.3, 0.4) is 0 Å². The van der Waals surface area contributed by atoms with Gasteiger partial charge in [0, 0.05) is 12.7 Å². The molecule has 2 rings (SSSR count). The van der Waals surface area contributed by atoms with Gasteiger partial charge in [-0.15, -0.1) is 0 Å². The zero-order valence-electron chi connectivity index (χ0n) is 10.5. The average molecular weight is 256 g/mol. The minimum atomic E-state index is -0.0421. The van der Waals surface area contributed by atoms with Gasteiger partial charge in [-0.3, -0.25) is 4.79 Å². The fourth-order valence-corrected chi connectivity index (χ4v) is 1.78. The minimum absolute atomic E-state index is 0.0421. The lowest BCUT2D eigenvalue weighted by atomic mass is 10.0. The monoisotopic (exact) mass is 256 g/mol. The second-order valence-electron chi connectivity index (χ2n) is 4.13. The number of carbonyl (C=O) groups excluding carboxylic acids is 1. The van der Waals surface area contributed by atoms with Crippen LogP contribution in [-0.2, 0) is 24.3 Å². The van der Waals surface area contributed by atoms with Crippen LogP contribution in [0.4, 0.5) is 0 Å². The van der Waals surface area contributed by atoms with E-state index in [0.29, 0.717) is 19.5 Å². The Balaban J connectivity index is 1.91. The fraction of sp³-hybridized carbons (Fsp3) is 0.214. The molecule has 0 fully saturated rings. The van der Waals surface area contributed by atoms with Crippen molar-refractivity contribution in [3.8, 4) is 0 Å². The number of rotatable bonds is 5. The second-order valence-corrected chi connectivity index (χ2v) is 4.13. The molecule has 0 spiro atoms. The molecule has 0 radical (unpaired) electrons. The molecule has 0 saturated carbocycles. The molecular weight excluding hydrogens is 240 g/mol. The molecule has 0 saturated heterocycles. The molecule has 98 valence electrons. The lowest BCUT2D eigenvalue weighted by Gasteiger charge is -2.08. The number of benzene rings is 1. The van der Waals surface area contributed by atoms with Crippen LogP contribution in [0, 0.1) is 0 Å². The molecule has 0 aliphatic carbocycles. The molecule has 5 nitrogen and oxygen atoms in total. The first-order valence-corrected chi connectivity index (χ1v) is 6.08. The highest BCUT2D eigenvalue weighted by Gasteiger charge is 2.06. The van der Waals surface area contributed by atoms with Crippen LogP contribution in [0.5, 0.6) is 0 Å². The number of nitrogens with zero attached hydrogens (tertiary/aromatic N) is 2. The van der Waals surface area contributed by atoms with Gasteiger partial charge >= 0.3 is 0 Å². The predicted molar refractivity (Wildman–Crippen MR) is 71.9 cm³/mol. The summed E-state index contributed by atoms with van der Waals surface area (Å²) in [5.41, 5.74) is 8.39. The number of carbonyl (C=O) groups is 1. The van der Waals surface area contributed by atoms with Crippen molar-refractivity contribution >= 4 is 5.91 Å². The van der Waals surface area contributed by atoms with Crippen molar-refractivity contribution in [3.05, 3.63) is 59.7 Å². The first-order chi connectivity index (χ1) is 9.29. The lowest BCUT2D eigenvalue weighted by Crippen LogP contribution is -2.25. The summed E-state index contributed by atoms with van der Waals surface area (Å²) in [6, 6.07) is 9.46. The highest BCUT2D eigenvalue weighted by Crippen LogP contribution is 2.08.